The summed E-state index contributed by atoms with van der Waals surface area (Å²) in [4.78, 5) is 0. The Hall–Kier alpha value is -0.0400. The number of hydrogen-bond acceptors (Lipinski definition) is 1. The van der Waals surface area contributed by atoms with Gasteiger partial charge in [-0.15, -0.1) is 0 Å². The summed E-state index contributed by atoms with van der Waals surface area (Å²) in [6, 6.07) is 0.874. The van der Waals surface area contributed by atoms with E-state index in [1.54, 1.807) is 0 Å². The molecular weight excluding hydrogens is 230 g/mol. The van der Waals surface area contributed by atoms with Crippen molar-refractivity contribution in [2.75, 3.05) is 6.54 Å². The maximum Gasteiger partial charge on any atom is 0.00684 e. The van der Waals surface area contributed by atoms with Crippen LogP contribution in [0.3, 0.4) is 0 Å². The molecule has 2 aliphatic rings. The van der Waals surface area contributed by atoms with Gasteiger partial charge < -0.3 is 5.32 Å². The molecule has 1 N–H and O–H groups in total. The Bertz CT molecular complexity index is 240. The molecule has 1 atom stereocenters. The van der Waals surface area contributed by atoms with Crippen LogP contribution in [0.2, 0.25) is 0 Å². The van der Waals surface area contributed by atoms with Gasteiger partial charge in [-0.25, -0.2) is 0 Å². The molecule has 0 aliphatic heterocycles. The molecule has 1 heteroatoms. The van der Waals surface area contributed by atoms with Gasteiger partial charge in [0.25, 0.3) is 0 Å². The zero-order valence-electron chi connectivity index (χ0n) is 13.3. The predicted octanol–water partition coefficient (Wildman–Crippen LogP) is 5.30. The van der Waals surface area contributed by atoms with E-state index in [0.717, 1.165) is 12.0 Å². The lowest BCUT2D eigenvalue weighted by atomic mass is 9.70. The van der Waals surface area contributed by atoms with Crippen LogP contribution in [-0.4, -0.2) is 12.6 Å². The van der Waals surface area contributed by atoms with E-state index in [1.165, 1.54) is 83.6 Å². The van der Waals surface area contributed by atoms with Crippen LogP contribution in [0.5, 0.6) is 0 Å². The third kappa shape index (κ3) is 5.10. The molecule has 2 fully saturated rings. The summed E-state index contributed by atoms with van der Waals surface area (Å²) in [6.07, 6.45) is 17.5. The van der Waals surface area contributed by atoms with Gasteiger partial charge in [-0.1, -0.05) is 58.8 Å². The minimum atomic E-state index is 0.612. The van der Waals surface area contributed by atoms with Crippen molar-refractivity contribution in [3.63, 3.8) is 0 Å². The fraction of sp³-hybridized carbons (Fsp3) is 1.00. The van der Waals surface area contributed by atoms with Crippen molar-refractivity contribution in [2.45, 2.75) is 96.9 Å². The Morgan fingerprint density at radius 2 is 1.74 bits per heavy atom. The molecule has 19 heavy (non-hydrogen) atoms. The van der Waals surface area contributed by atoms with Crippen LogP contribution < -0.4 is 5.32 Å². The van der Waals surface area contributed by atoms with Crippen molar-refractivity contribution in [1.82, 2.24) is 5.32 Å². The highest BCUT2D eigenvalue weighted by molar-refractivity contribution is 4.89. The highest BCUT2D eigenvalue weighted by atomic mass is 15.0. The van der Waals surface area contributed by atoms with Crippen LogP contribution in [0.1, 0.15) is 90.9 Å². The van der Waals surface area contributed by atoms with Crippen LogP contribution >= 0.6 is 0 Å². The molecular formula is C18H35N. The highest BCUT2D eigenvalue weighted by Gasteiger charge is 2.33. The minimum Gasteiger partial charge on any atom is -0.313 e. The summed E-state index contributed by atoms with van der Waals surface area (Å²) in [6.45, 7) is 6.08. The number of hydrogen-bond donors (Lipinski definition) is 1. The van der Waals surface area contributed by atoms with Gasteiger partial charge in [-0.3, -0.25) is 0 Å². The van der Waals surface area contributed by atoms with Crippen molar-refractivity contribution in [3.05, 3.63) is 0 Å². The third-order valence-electron chi connectivity index (χ3n) is 5.60. The van der Waals surface area contributed by atoms with E-state index in [2.05, 4.69) is 19.2 Å². The summed E-state index contributed by atoms with van der Waals surface area (Å²) in [5.74, 6) is 1.03. The smallest absolute Gasteiger partial charge is 0.00684 e. The van der Waals surface area contributed by atoms with Crippen LogP contribution in [0.15, 0.2) is 0 Å². The Balaban J connectivity index is 1.88. The molecule has 112 valence electrons. The maximum atomic E-state index is 3.85. The van der Waals surface area contributed by atoms with Crippen LogP contribution in [0, 0.1) is 11.3 Å². The SMILES string of the molecule is CCCCC(CC)(CNC1CC1)CC1CCCCC1. The Morgan fingerprint density at radius 1 is 1.00 bits per heavy atom. The van der Waals surface area contributed by atoms with Gasteiger partial charge in [0.15, 0.2) is 0 Å². The molecule has 0 bridgehead atoms. The van der Waals surface area contributed by atoms with Gasteiger partial charge in [-0.2, -0.15) is 0 Å². The van der Waals surface area contributed by atoms with Crippen molar-refractivity contribution in [1.29, 1.82) is 0 Å². The van der Waals surface area contributed by atoms with Crippen molar-refractivity contribution < 1.29 is 0 Å². The summed E-state index contributed by atoms with van der Waals surface area (Å²) >= 11 is 0. The number of unbranched alkanes of at least 4 members (excludes halogenated alkanes) is 1. The first-order chi connectivity index (χ1) is 9.28. The molecule has 2 aliphatic carbocycles. The summed E-state index contributed by atoms with van der Waals surface area (Å²) in [7, 11) is 0. The fourth-order valence-corrected chi connectivity index (χ4v) is 3.91. The van der Waals surface area contributed by atoms with E-state index in [4.69, 9.17) is 0 Å². The predicted molar refractivity (Wildman–Crippen MR) is 84.5 cm³/mol. The zero-order chi connectivity index (χ0) is 13.6. The second kappa shape index (κ2) is 7.67. The maximum absolute atomic E-state index is 3.85. The monoisotopic (exact) mass is 265 g/mol. The fourth-order valence-electron chi connectivity index (χ4n) is 3.91. The van der Waals surface area contributed by atoms with Crippen molar-refractivity contribution >= 4 is 0 Å². The van der Waals surface area contributed by atoms with E-state index in [0.29, 0.717) is 5.41 Å². The van der Waals surface area contributed by atoms with Gasteiger partial charge in [0, 0.05) is 12.6 Å². The molecule has 2 saturated carbocycles. The average Bonchev–Trinajstić information content (AvgIpc) is 3.27. The first-order valence-electron chi connectivity index (χ1n) is 9.01. The molecule has 0 radical (unpaired) electrons. The van der Waals surface area contributed by atoms with Gasteiger partial charge in [-0.05, 0) is 43.4 Å². The van der Waals surface area contributed by atoms with Gasteiger partial charge >= 0.3 is 0 Å². The van der Waals surface area contributed by atoms with E-state index < -0.39 is 0 Å². The lowest BCUT2D eigenvalue weighted by molar-refractivity contribution is 0.152. The Kier molecular flexibility index (Phi) is 6.19. The standard InChI is InChI=1S/C18H35N/c1-3-5-13-18(4-2,15-19-17-11-12-17)14-16-9-7-6-8-10-16/h16-17,19H,3-15H2,1-2H3. The lowest BCUT2D eigenvalue weighted by Gasteiger charge is -2.38. The molecule has 0 aromatic rings. The summed E-state index contributed by atoms with van der Waals surface area (Å²) < 4.78 is 0. The van der Waals surface area contributed by atoms with Crippen molar-refractivity contribution in [3.8, 4) is 0 Å². The van der Waals surface area contributed by atoms with Gasteiger partial charge in [0.05, 0.1) is 0 Å². The highest BCUT2D eigenvalue weighted by Crippen LogP contribution is 2.40. The molecule has 2 rings (SSSR count). The molecule has 0 aromatic carbocycles. The molecule has 1 nitrogen and oxygen atoms in total. The minimum absolute atomic E-state index is 0.612. The van der Waals surface area contributed by atoms with E-state index >= 15 is 0 Å². The van der Waals surface area contributed by atoms with Crippen LogP contribution in [0.25, 0.3) is 0 Å². The molecule has 1 unspecified atom stereocenters. The lowest BCUT2D eigenvalue weighted by Crippen LogP contribution is -2.37. The van der Waals surface area contributed by atoms with E-state index in [1.807, 2.05) is 0 Å². The Labute approximate surface area is 120 Å². The summed E-state index contributed by atoms with van der Waals surface area (Å²) in [5, 5.41) is 3.85. The molecule has 0 spiro atoms. The quantitative estimate of drug-likeness (QED) is 0.597. The van der Waals surface area contributed by atoms with E-state index in [9.17, 15) is 0 Å². The molecule has 0 saturated heterocycles. The third-order valence-corrected chi connectivity index (χ3v) is 5.60. The van der Waals surface area contributed by atoms with Crippen LogP contribution in [0.4, 0.5) is 0 Å². The number of rotatable bonds is 9. The van der Waals surface area contributed by atoms with Gasteiger partial charge in [0.2, 0.25) is 0 Å². The number of nitrogens with one attached hydrogen (secondary N) is 1. The first kappa shape index (κ1) is 15.4. The topological polar surface area (TPSA) is 12.0 Å². The second-order valence-electron chi connectivity index (χ2n) is 7.32. The van der Waals surface area contributed by atoms with E-state index in [-0.39, 0.29) is 0 Å². The second-order valence-corrected chi connectivity index (χ2v) is 7.32. The average molecular weight is 265 g/mol. The first-order valence-corrected chi connectivity index (χ1v) is 9.01. The molecule has 0 amide bonds. The molecule has 0 aromatic heterocycles. The van der Waals surface area contributed by atoms with Gasteiger partial charge in [0.1, 0.15) is 0 Å². The normalized spacial score (nSPS) is 24.3. The zero-order valence-corrected chi connectivity index (χ0v) is 13.3. The largest absolute Gasteiger partial charge is 0.313 e. The molecule has 0 heterocycles. The van der Waals surface area contributed by atoms with Crippen molar-refractivity contribution in [2.24, 2.45) is 11.3 Å². The van der Waals surface area contributed by atoms with Crippen LogP contribution in [-0.2, 0) is 0 Å². The summed E-state index contributed by atoms with van der Waals surface area (Å²) in [5.41, 5.74) is 0.612. The Morgan fingerprint density at radius 3 is 2.32 bits per heavy atom.